The minimum atomic E-state index is -0.415. The molecule has 0 saturated heterocycles. The van der Waals surface area contributed by atoms with Gasteiger partial charge in [0.2, 0.25) is 0 Å². The first-order chi connectivity index (χ1) is 6.53. The lowest BCUT2D eigenvalue weighted by molar-refractivity contribution is 0.0994. The topological polar surface area (TPSA) is 71.8 Å². The average molecular weight is 191 g/mol. The number of carbonyl (C=O) groups is 1. The first kappa shape index (κ1) is 8.03. The summed E-state index contributed by atoms with van der Waals surface area (Å²) >= 11 is 0. The molecule has 1 aromatic rings. The van der Waals surface area contributed by atoms with E-state index in [2.05, 4.69) is 24.0 Å². The second-order valence-corrected chi connectivity index (χ2v) is 4.94. The summed E-state index contributed by atoms with van der Waals surface area (Å²) in [7, 11) is 0. The second-order valence-electron chi connectivity index (χ2n) is 4.94. The summed E-state index contributed by atoms with van der Waals surface area (Å²) in [5, 5.41) is 6.94. The van der Waals surface area contributed by atoms with Gasteiger partial charge in [-0.15, -0.1) is 0 Å². The molecule has 0 spiro atoms. The average Bonchev–Trinajstić information content (AvgIpc) is 2.49. The van der Waals surface area contributed by atoms with Gasteiger partial charge in [0.15, 0.2) is 5.69 Å². The molecule has 1 amide bonds. The molecule has 0 aliphatic heterocycles. The first-order valence-corrected chi connectivity index (χ1v) is 4.90. The van der Waals surface area contributed by atoms with E-state index in [0.717, 1.165) is 17.7 Å². The van der Waals surface area contributed by atoms with Crippen LogP contribution in [0.1, 0.15) is 41.5 Å². The van der Waals surface area contributed by atoms with Gasteiger partial charge in [0.25, 0.3) is 5.91 Å². The molecular weight excluding hydrogens is 178 g/mol. The number of carbonyl (C=O) groups excluding carboxylic acids is 1. The van der Waals surface area contributed by atoms with Crippen molar-refractivity contribution in [3.63, 3.8) is 0 Å². The molecule has 0 bridgehead atoms. The number of nitrogens with one attached hydrogen (secondary N) is 1. The highest BCUT2D eigenvalue weighted by Crippen LogP contribution is 2.69. The number of aromatic nitrogens is 2. The Kier molecular flexibility index (Phi) is 1.16. The van der Waals surface area contributed by atoms with Crippen molar-refractivity contribution in [1.29, 1.82) is 0 Å². The van der Waals surface area contributed by atoms with Crippen molar-refractivity contribution in [2.45, 2.75) is 26.2 Å². The van der Waals surface area contributed by atoms with Gasteiger partial charge in [-0.05, 0) is 17.8 Å². The predicted molar refractivity (Wildman–Crippen MR) is 50.8 cm³/mol. The summed E-state index contributed by atoms with van der Waals surface area (Å²) in [5.41, 5.74) is 8.28. The van der Waals surface area contributed by atoms with Crippen LogP contribution < -0.4 is 5.73 Å². The van der Waals surface area contributed by atoms with E-state index in [1.807, 2.05) is 0 Å². The Morgan fingerprint density at radius 3 is 3.00 bits per heavy atom. The van der Waals surface area contributed by atoms with Gasteiger partial charge >= 0.3 is 0 Å². The van der Waals surface area contributed by atoms with Crippen LogP contribution in [0.3, 0.4) is 0 Å². The zero-order valence-corrected chi connectivity index (χ0v) is 8.29. The van der Waals surface area contributed by atoms with E-state index in [1.54, 1.807) is 0 Å². The van der Waals surface area contributed by atoms with E-state index in [4.69, 9.17) is 5.73 Å². The molecular formula is C10H13N3O. The monoisotopic (exact) mass is 191 g/mol. The second kappa shape index (κ2) is 2.02. The van der Waals surface area contributed by atoms with Crippen LogP contribution in [0.2, 0.25) is 0 Å². The van der Waals surface area contributed by atoms with Gasteiger partial charge in [0.05, 0.1) is 0 Å². The first-order valence-electron chi connectivity index (χ1n) is 4.90. The van der Waals surface area contributed by atoms with Crippen molar-refractivity contribution in [1.82, 2.24) is 10.2 Å². The summed E-state index contributed by atoms with van der Waals surface area (Å²) in [6, 6.07) is 0. The van der Waals surface area contributed by atoms with Gasteiger partial charge in [-0.25, -0.2) is 0 Å². The van der Waals surface area contributed by atoms with Gasteiger partial charge in [-0.2, -0.15) is 5.10 Å². The zero-order chi connectivity index (χ0) is 10.1. The number of hydrogen-bond acceptors (Lipinski definition) is 2. The summed E-state index contributed by atoms with van der Waals surface area (Å²) in [5.74, 6) is 0.838. The number of nitrogens with two attached hydrogens (primary N) is 1. The van der Waals surface area contributed by atoms with Crippen molar-refractivity contribution in [3.05, 3.63) is 17.0 Å². The molecule has 3 N–H and O–H groups in total. The van der Waals surface area contributed by atoms with E-state index in [-0.39, 0.29) is 0 Å². The Morgan fingerprint density at radius 1 is 1.64 bits per heavy atom. The SMILES string of the molecule is CC1(C)C2Cc3c(C(N)=O)n[nH]c3C21. The fraction of sp³-hybridized carbons (Fsp3) is 0.600. The summed E-state index contributed by atoms with van der Waals surface area (Å²) in [6.07, 6.45) is 0.960. The Bertz CT molecular complexity index is 433. The third-order valence-electron chi connectivity index (χ3n) is 3.92. The predicted octanol–water partition coefficient (Wildman–Crippen LogP) is 0.804. The lowest BCUT2D eigenvalue weighted by Gasteiger charge is -2.06. The highest BCUT2D eigenvalue weighted by Gasteiger charge is 2.63. The number of rotatable bonds is 1. The van der Waals surface area contributed by atoms with Crippen molar-refractivity contribution < 1.29 is 4.79 Å². The molecule has 3 rings (SSSR count). The van der Waals surface area contributed by atoms with Crippen molar-refractivity contribution in [3.8, 4) is 0 Å². The van der Waals surface area contributed by atoms with Crippen molar-refractivity contribution in [2.24, 2.45) is 17.1 Å². The standard InChI is InChI=1S/C10H13N3O/c1-10(2)5-3-4-7(6(5)10)12-13-8(4)9(11)14/h5-6H,3H2,1-2H3,(H2,11,14)(H,12,13). The third kappa shape index (κ3) is 0.705. The van der Waals surface area contributed by atoms with Crippen LogP contribution >= 0.6 is 0 Å². The van der Waals surface area contributed by atoms with Crippen LogP contribution in [0.25, 0.3) is 0 Å². The van der Waals surface area contributed by atoms with Gasteiger partial charge in [0, 0.05) is 17.2 Å². The van der Waals surface area contributed by atoms with Crippen LogP contribution in [0.15, 0.2) is 0 Å². The molecule has 1 heterocycles. The van der Waals surface area contributed by atoms with Crippen LogP contribution in [0.5, 0.6) is 0 Å². The number of hydrogen-bond donors (Lipinski definition) is 2. The van der Waals surface area contributed by atoms with E-state index < -0.39 is 5.91 Å². The maximum absolute atomic E-state index is 11.0. The molecule has 4 nitrogen and oxygen atoms in total. The Balaban J connectivity index is 2.07. The molecule has 2 aliphatic carbocycles. The van der Waals surface area contributed by atoms with E-state index in [1.165, 1.54) is 0 Å². The summed E-state index contributed by atoms with van der Waals surface area (Å²) in [4.78, 5) is 11.0. The largest absolute Gasteiger partial charge is 0.364 e. The minimum Gasteiger partial charge on any atom is -0.364 e. The van der Waals surface area contributed by atoms with Crippen molar-refractivity contribution in [2.75, 3.05) is 0 Å². The van der Waals surface area contributed by atoms with Crippen LogP contribution in [-0.4, -0.2) is 16.1 Å². The van der Waals surface area contributed by atoms with Gasteiger partial charge in [0.1, 0.15) is 0 Å². The molecule has 4 heteroatoms. The Hall–Kier alpha value is -1.32. The van der Waals surface area contributed by atoms with Crippen LogP contribution in [-0.2, 0) is 6.42 Å². The van der Waals surface area contributed by atoms with Gasteiger partial charge in [-0.1, -0.05) is 13.8 Å². The zero-order valence-electron chi connectivity index (χ0n) is 8.29. The molecule has 14 heavy (non-hydrogen) atoms. The van der Waals surface area contributed by atoms with Gasteiger partial charge < -0.3 is 5.73 Å². The maximum atomic E-state index is 11.0. The van der Waals surface area contributed by atoms with E-state index >= 15 is 0 Å². The Labute approximate surface area is 81.9 Å². The number of H-pyrrole nitrogens is 1. The molecule has 2 aliphatic rings. The summed E-state index contributed by atoms with van der Waals surface area (Å²) in [6.45, 7) is 4.52. The third-order valence-corrected chi connectivity index (χ3v) is 3.92. The van der Waals surface area contributed by atoms with Gasteiger partial charge in [-0.3, -0.25) is 9.89 Å². The quantitative estimate of drug-likeness (QED) is 0.689. The summed E-state index contributed by atoms with van der Waals surface area (Å²) < 4.78 is 0. The van der Waals surface area contributed by atoms with Crippen LogP contribution in [0, 0.1) is 11.3 Å². The fourth-order valence-corrected chi connectivity index (χ4v) is 2.96. The molecule has 0 aromatic carbocycles. The molecule has 1 saturated carbocycles. The molecule has 1 aromatic heterocycles. The normalized spacial score (nSPS) is 31.0. The number of nitrogens with zero attached hydrogens (tertiary/aromatic N) is 1. The van der Waals surface area contributed by atoms with E-state index in [0.29, 0.717) is 22.9 Å². The lowest BCUT2D eigenvalue weighted by atomic mass is 9.98. The molecule has 1 fully saturated rings. The molecule has 0 radical (unpaired) electrons. The maximum Gasteiger partial charge on any atom is 0.269 e. The lowest BCUT2D eigenvalue weighted by Crippen LogP contribution is -2.14. The smallest absolute Gasteiger partial charge is 0.269 e. The van der Waals surface area contributed by atoms with Crippen LogP contribution in [0.4, 0.5) is 0 Å². The number of primary amides is 1. The number of amides is 1. The number of aromatic amines is 1. The highest BCUT2D eigenvalue weighted by molar-refractivity contribution is 5.93. The fourth-order valence-electron chi connectivity index (χ4n) is 2.96. The molecule has 74 valence electrons. The number of fused-ring (bicyclic) bond motifs is 3. The van der Waals surface area contributed by atoms with Crippen molar-refractivity contribution >= 4 is 5.91 Å². The molecule has 2 unspecified atom stereocenters. The minimum absolute atomic E-state index is 0.383. The Morgan fingerprint density at radius 2 is 2.36 bits per heavy atom. The highest BCUT2D eigenvalue weighted by atomic mass is 16.1. The molecule has 2 atom stereocenters. The van der Waals surface area contributed by atoms with E-state index in [9.17, 15) is 4.79 Å².